The van der Waals surface area contributed by atoms with Crippen LogP contribution in [0.4, 0.5) is 0 Å². The van der Waals surface area contributed by atoms with Gasteiger partial charge < -0.3 is 15.0 Å². The van der Waals surface area contributed by atoms with E-state index in [2.05, 4.69) is 5.32 Å². The minimum Gasteiger partial charge on any atom is -0.487 e. The third-order valence-electron chi connectivity index (χ3n) is 4.67. The first-order chi connectivity index (χ1) is 13.1. The fourth-order valence-electron chi connectivity index (χ4n) is 3.19. The lowest BCUT2D eigenvalue weighted by atomic mass is 10.1. The first kappa shape index (κ1) is 19.2. The van der Waals surface area contributed by atoms with Crippen LogP contribution in [0.3, 0.4) is 0 Å². The molecule has 0 aromatic heterocycles. The summed E-state index contributed by atoms with van der Waals surface area (Å²) in [5.74, 6) is 0.636. The summed E-state index contributed by atoms with van der Waals surface area (Å²) in [4.78, 5) is 26.1. The summed E-state index contributed by atoms with van der Waals surface area (Å²) in [5, 5.41) is 3.19. The molecule has 6 heteroatoms. The van der Waals surface area contributed by atoms with Crippen molar-refractivity contribution in [2.24, 2.45) is 0 Å². The predicted octanol–water partition coefficient (Wildman–Crippen LogP) is 3.31. The van der Waals surface area contributed by atoms with Crippen LogP contribution in [-0.2, 0) is 11.2 Å². The van der Waals surface area contributed by atoms with Crippen LogP contribution >= 0.6 is 11.6 Å². The first-order valence-electron chi connectivity index (χ1n) is 9.07. The summed E-state index contributed by atoms with van der Waals surface area (Å²) in [6.45, 7) is 1.26. The molecule has 1 aliphatic rings. The quantitative estimate of drug-likeness (QED) is 0.828. The lowest BCUT2D eigenvalue weighted by Gasteiger charge is -2.18. The summed E-state index contributed by atoms with van der Waals surface area (Å²) in [6, 6.07) is 14.8. The van der Waals surface area contributed by atoms with E-state index in [1.807, 2.05) is 41.3 Å². The predicted molar refractivity (Wildman–Crippen MR) is 105 cm³/mol. The van der Waals surface area contributed by atoms with Gasteiger partial charge in [0.1, 0.15) is 11.9 Å². The Kier molecular flexibility index (Phi) is 6.35. The number of benzene rings is 2. The van der Waals surface area contributed by atoms with Crippen LogP contribution in [-0.4, -0.2) is 43.0 Å². The van der Waals surface area contributed by atoms with Gasteiger partial charge in [-0.15, -0.1) is 0 Å². The maximum Gasteiger partial charge on any atom is 0.251 e. The lowest BCUT2D eigenvalue weighted by Crippen LogP contribution is -2.31. The van der Waals surface area contributed by atoms with E-state index < -0.39 is 0 Å². The van der Waals surface area contributed by atoms with E-state index >= 15 is 0 Å². The minimum absolute atomic E-state index is 0.0366. The van der Waals surface area contributed by atoms with Gasteiger partial charge in [0, 0.05) is 32.0 Å². The first-order valence-corrected chi connectivity index (χ1v) is 9.44. The van der Waals surface area contributed by atoms with E-state index in [4.69, 9.17) is 16.3 Å². The number of ether oxygens (including phenoxy) is 1. The molecule has 5 nitrogen and oxygen atoms in total. The van der Waals surface area contributed by atoms with E-state index in [9.17, 15) is 9.59 Å². The molecular weight excluding hydrogens is 364 g/mol. The standard InChI is InChI=1S/C21H23ClN2O3/c1-23-21(26)16-6-4-5-15(13-16)9-10-20(25)24-12-11-17(14-24)27-19-8-3-2-7-18(19)22/h2-8,13,17H,9-12,14H2,1H3,(H,23,26). The summed E-state index contributed by atoms with van der Waals surface area (Å²) < 4.78 is 5.93. The highest BCUT2D eigenvalue weighted by Gasteiger charge is 2.27. The normalized spacial score (nSPS) is 16.2. The summed E-state index contributed by atoms with van der Waals surface area (Å²) in [7, 11) is 1.60. The molecule has 1 unspecified atom stereocenters. The Morgan fingerprint density at radius 3 is 2.81 bits per heavy atom. The van der Waals surface area contributed by atoms with Gasteiger partial charge in [0.2, 0.25) is 5.91 Å². The second-order valence-corrected chi connectivity index (χ2v) is 6.99. The highest BCUT2D eigenvalue weighted by atomic mass is 35.5. The lowest BCUT2D eigenvalue weighted by molar-refractivity contribution is -0.130. The van der Waals surface area contributed by atoms with Crippen LogP contribution in [0.5, 0.6) is 5.75 Å². The van der Waals surface area contributed by atoms with E-state index in [-0.39, 0.29) is 17.9 Å². The van der Waals surface area contributed by atoms with Crippen molar-refractivity contribution in [2.45, 2.75) is 25.4 Å². The molecule has 0 bridgehead atoms. The molecule has 1 fully saturated rings. The fraction of sp³-hybridized carbons (Fsp3) is 0.333. The van der Waals surface area contributed by atoms with E-state index in [0.717, 1.165) is 12.0 Å². The number of hydrogen-bond acceptors (Lipinski definition) is 3. The molecule has 0 radical (unpaired) electrons. The molecule has 1 heterocycles. The van der Waals surface area contributed by atoms with Crippen molar-refractivity contribution in [1.82, 2.24) is 10.2 Å². The Bertz CT molecular complexity index is 825. The van der Waals surface area contributed by atoms with Crippen molar-refractivity contribution in [3.63, 3.8) is 0 Å². The molecule has 2 aromatic rings. The van der Waals surface area contributed by atoms with Crippen LogP contribution in [0.1, 0.15) is 28.8 Å². The molecular formula is C21H23ClN2O3. The van der Waals surface area contributed by atoms with Crippen molar-refractivity contribution in [1.29, 1.82) is 0 Å². The van der Waals surface area contributed by atoms with Gasteiger partial charge >= 0.3 is 0 Å². The maximum atomic E-state index is 12.5. The molecule has 2 amide bonds. The maximum absolute atomic E-state index is 12.5. The number of amides is 2. The highest BCUT2D eigenvalue weighted by Crippen LogP contribution is 2.26. The molecule has 142 valence electrons. The van der Waals surface area contributed by atoms with Crippen LogP contribution in [0, 0.1) is 0 Å². The van der Waals surface area contributed by atoms with Gasteiger partial charge in [0.25, 0.3) is 5.91 Å². The number of carbonyl (C=O) groups excluding carboxylic acids is 2. The Morgan fingerprint density at radius 1 is 1.22 bits per heavy atom. The molecule has 2 aromatic carbocycles. The van der Waals surface area contributed by atoms with Crippen molar-refractivity contribution < 1.29 is 14.3 Å². The zero-order chi connectivity index (χ0) is 19.2. The Hall–Kier alpha value is -2.53. The second kappa shape index (κ2) is 8.91. The third kappa shape index (κ3) is 5.01. The van der Waals surface area contributed by atoms with Gasteiger partial charge in [-0.3, -0.25) is 9.59 Å². The molecule has 1 N–H and O–H groups in total. The minimum atomic E-state index is -0.123. The monoisotopic (exact) mass is 386 g/mol. The van der Waals surface area contributed by atoms with Gasteiger partial charge in [-0.25, -0.2) is 0 Å². The van der Waals surface area contributed by atoms with Gasteiger partial charge in [0.05, 0.1) is 11.6 Å². The van der Waals surface area contributed by atoms with Crippen LogP contribution < -0.4 is 10.1 Å². The number of likely N-dealkylation sites (tertiary alicyclic amines) is 1. The average molecular weight is 387 g/mol. The summed E-state index contributed by atoms with van der Waals surface area (Å²) in [5.41, 5.74) is 1.59. The van der Waals surface area contributed by atoms with Crippen LogP contribution in [0.2, 0.25) is 5.02 Å². The van der Waals surface area contributed by atoms with Gasteiger partial charge in [-0.1, -0.05) is 35.9 Å². The van der Waals surface area contributed by atoms with E-state index in [1.165, 1.54) is 0 Å². The largest absolute Gasteiger partial charge is 0.487 e. The van der Waals surface area contributed by atoms with E-state index in [0.29, 0.717) is 42.3 Å². The Morgan fingerprint density at radius 2 is 2.04 bits per heavy atom. The fourth-order valence-corrected chi connectivity index (χ4v) is 3.37. The van der Waals surface area contributed by atoms with Crippen LogP contribution in [0.25, 0.3) is 0 Å². The Labute approximate surface area is 164 Å². The molecule has 27 heavy (non-hydrogen) atoms. The van der Waals surface area contributed by atoms with Crippen molar-refractivity contribution >= 4 is 23.4 Å². The molecule has 0 saturated carbocycles. The zero-order valence-electron chi connectivity index (χ0n) is 15.3. The van der Waals surface area contributed by atoms with Crippen LogP contribution in [0.15, 0.2) is 48.5 Å². The SMILES string of the molecule is CNC(=O)c1cccc(CCC(=O)N2CCC(Oc3ccccc3Cl)C2)c1. The number of para-hydroxylation sites is 1. The zero-order valence-corrected chi connectivity index (χ0v) is 16.0. The third-order valence-corrected chi connectivity index (χ3v) is 4.98. The van der Waals surface area contributed by atoms with Crippen molar-refractivity contribution in [2.75, 3.05) is 20.1 Å². The highest BCUT2D eigenvalue weighted by molar-refractivity contribution is 6.32. The second-order valence-electron chi connectivity index (χ2n) is 6.58. The number of carbonyl (C=O) groups is 2. The smallest absolute Gasteiger partial charge is 0.251 e. The molecule has 1 atom stereocenters. The number of rotatable bonds is 6. The average Bonchev–Trinajstić information content (AvgIpc) is 3.16. The summed E-state index contributed by atoms with van der Waals surface area (Å²) >= 11 is 6.13. The molecule has 1 saturated heterocycles. The number of aryl methyl sites for hydroxylation is 1. The Balaban J connectivity index is 1.51. The van der Waals surface area contributed by atoms with Gasteiger partial charge in [0.15, 0.2) is 0 Å². The molecule has 3 rings (SSSR count). The number of nitrogens with zero attached hydrogens (tertiary/aromatic N) is 1. The number of halogens is 1. The van der Waals surface area contributed by atoms with Gasteiger partial charge in [-0.2, -0.15) is 0 Å². The molecule has 1 aliphatic heterocycles. The number of hydrogen-bond donors (Lipinski definition) is 1. The molecule has 0 aliphatic carbocycles. The number of nitrogens with one attached hydrogen (secondary N) is 1. The topological polar surface area (TPSA) is 58.6 Å². The molecule has 0 spiro atoms. The summed E-state index contributed by atoms with van der Waals surface area (Å²) in [6.07, 6.45) is 1.78. The van der Waals surface area contributed by atoms with Crippen molar-refractivity contribution in [3.8, 4) is 5.75 Å². The van der Waals surface area contributed by atoms with E-state index in [1.54, 1.807) is 19.2 Å². The van der Waals surface area contributed by atoms with Crippen molar-refractivity contribution in [3.05, 3.63) is 64.7 Å². The van der Waals surface area contributed by atoms with Gasteiger partial charge in [-0.05, 0) is 36.2 Å².